The first-order valence-electron chi connectivity index (χ1n) is 6.67. The quantitative estimate of drug-likeness (QED) is 0.779. The first-order valence-corrected chi connectivity index (χ1v) is 6.67. The zero-order chi connectivity index (χ0) is 15.3. The van der Waals surface area contributed by atoms with Crippen molar-refractivity contribution < 1.29 is 19.1 Å². The Bertz CT molecular complexity index is 509. The summed E-state index contributed by atoms with van der Waals surface area (Å²) in [5.74, 6) is -0.223. The molecule has 1 aliphatic rings. The fourth-order valence-electron chi connectivity index (χ4n) is 2.02. The second-order valence-electron chi connectivity index (χ2n) is 4.92. The number of benzene rings is 1. The van der Waals surface area contributed by atoms with Crippen molar-refractivity contribution in [2.75, 3.05) is 31.0 Å². The number of rotatable bonds is 3. The summed E-state index contributed by atoms with van der Waals surface area (Å²) in [6, 6.07) is 6.71. The van der Waals surface area contributed by atoms with E-state index in [1.807, 2.05) is 0 Å². The third kappa shape index (κ3) is 3.93. The monoisotopic (exact) mass is 293 g/mol. The SMILES string of the molecule is COC(=O)Nc1ccc(NC(=O)C2(N)CCOCC2)cc1. The Morgan fingerprint density at radius 1 is 1.14 bits per heavy atom. The minimum atomic E-state index is -0.888. The fraction of sp³-hybridized carbons (Fsp3) is 0.429. The molecule has 7 nitrogen and oxygen atoms in total. The Labute approximate surface area is 122 Å². The van der Waals surface area contributed by atoms with Crippen molar-refractivity contribution in [2.24, 2.45) is 5.73 Å². The zero-order valence-electron chi connectivity index (χ0n) is 11.8. The third-order valence-corrected chi connectivity index (χ3v) is 3.41. The van der Waals surface area contributed by atoms with Crippen LogP contribution in [-0.2, 0) is 14.3 Å². The molecule has 0 aromatic heterocycles. The molecule has 0 bridgehead atoms. The van der Waals surface area contributed by atoms with Crippen molar-refractivity contribution in [3.63, 3.8) is 0 Å². The van der Waals surface area contributed by atoms with Crippen LogP contribution in [0.15, 0.2) is 24.3 Å². The van der Waals surface area contributed by atoms with E-state index in [0.29, 0.717) is 37.4 Å². The van der Waals surface area contributed by atoms with Crippen LogP contribution < -0.4 is 16.4 Å². The number of nitrogens with two attached hydrogens (primary N) is 1. The van der Waals surface area contributed by atoms with Crippen LogP contribution in [0.2, 0.25) is 0 Å². The Balaban J connectivity index is 1.96. The highest BCUT2D eigenvalue weighted by atomic mass is 16.5. The standard InChI is InChI=1S/C14H19N3O4/c1-20-13(19)17-11-4-2-10(3-5-11)16-12(18)14(15)6-8-21-9-7-14/h2-5H,6-9,15H2,1H3,(H,16,18)(H,17,19). The van der Waals surface area contributed by atoms with Crippen molar-refractivity contribution in [3.05, 3.63) is 24.3 Å². The van der Waals surface area contributed by atoms with E-state index in [-0.39, 0.29) is 5.91 Å². The van der Waals surface area contributed by atoms with Gasteiger partial charge in [0.2, 0.25) is 5.91 Å². The number of nitrogens with one attached hydrogen (secondary N) is 2. The van der Waals surface area contributed by atoms with Crippen LogP contribution in [0.5, 0.6) is 0 Å². The molecular weight excluding hydrogens is 274 g/mol. The van der Waals surface area contributed by atoms with Crippen molar-refractivity contribution in [1.82, 2.24) is 0 Å². The van der Waals surface area contributed by atoms with E-state index in [9.17, 15) is 9.59 Å². The smallest absolute Gasteiger partial charge is 0.411 e. The van der Waals surface area contributed by atoms with Gasteiger partial charge in [0, 0.05) is 24.6 Å². The molecule has 1 fully saturated rings. The lowest BCUT2D eigenvalue weighted by molar-refractivity contribution is -0.124. The number of ether oxygens (including phenoxy) is 2. The normalized spacial score (nSPS) is 16.9. The molecule has 21 heavy (non-hydrogen) atoms. The lowest BCUT2D eigenvalue weighted by atomic mass is 9.90. The molecular formula is C14H19N3O4. The van der Waals surface area contributed by atoms with Crippen LogP contribution in [0, 0.1) is 0 Å². The van der Waals surface area contributed by atoms with Gasteiger partial charge in [-0.3, -0.25) is 10.1 Å². The number of hydrogen-bond acceptors (Lipinski definition) is 5. The van der Waals surface area contributed by atoms with Gasteiger partial charge in [0.05, 0.1) is 7.11 Å². The van der Waals surface area contributed by atoms with E-state index < -0.39 is 11.6 Å². The molecule has 0 radical (unpaired) electrons. The summed E-state index contributed by atoms with van der Waals surface area (Å²) < 4.78 is 9.71. The van der Waals surface area contributed by atoms with Gasteiger partial charge in [0.15, 0.2) is 0 Å². The van der Waals surface area contributed by atoms with Gasteiger partial charge in [0.25, 0.3) is 0 Å². The molecule has 0 aliphatic carbocycles. The number of hydrogen-bond donors (Lipinski definition) is 3. The summed E-state index contributed by atoms with van der Waals surface area (Å²) in [4.78, 5) is 23.3. The van der Waals surface area contributed by atoms with Crippen LogP contribution in [0.4, 0.5) is 16.2 Å². The molecule has 0 atom stereocenters. The number of anilines is 2. The van der Waals surface area contributed by atoms with E-state index in [0.717, 1.165) is 0 Å². The molecule has 2 rings (SSSR count). The van der Waals surface area contributed by atoms with Crippen LogP contribution in [0.25, 0.3) is 0 Å². The predicted molar refractivity (Wildman–Crippen MR) is 78.1 cm³/mol. The van der Waals surface area contributed by atoms with E-state index >= 15 is 0 Å². The molecule has 1 saturated heterocycles. The van der Waals surface area contributed by atoms with Gasteiger partial charge < -0.3 is 20.5 Å². The average Bonchev–Trinajstić information content (AvgIpc) is 2.50. The lowest BCUT2D eigenvalue weighted by Gasteiger charge is -2.31. The van der Waals surface area contributed by atoms with Crippen LogP contribution in [0.3, 0.4) is 0 Å². The number of amides is 2. The van der Waals surface area contributed by atoms with E-state index in [1.165, 1.54) is 7.11 Å². The molecule has 1 aromatic rings. The second kappa shape index (κ2) is 6.55. The minimum Gasteiger partial charge on any atom is -0.453 e. The second-order valence-corrected chi connectivity index (χ2v) is 4.92. The van der Waals surface area contributed by atoms with Gasteiger partial charge in [-0.05, 0) is 37.1 Å². The molecule has 1 aromatic carbocycles. The van der Waals surface area contributed by atoms with Gasteiger partial charge in [-0.1, -0.05) is 0 Å². The Hall–Kier alpha value is -2.12. The zero-order valence-corrected chi connectivity index (χ0v) is 11.8. The Morgan fingerprint density at radius 2 is 1.67 bits per heavy atom. The fourth-order valence-corrected chi connectivity index (χ4v) is 2.02. The number of carbonyl (C=O) groups is 2. The average molecular weight is 293 g/mol. The van der Waals surface area contributed by atoms with Crippen LogP contribution >= 0.6 is 0 Å². The van der Waals surface area contributed by atoms with E-state index in [4.69, 9.17) is 10.5 Å². The van der Waals surface area contributed by atoms with Crippen molar-refractivity contribution in [2.45, 2.75) is 18.4 Å². The molecule has 4 N–H and O–H groups in total. The largest absolute Gasteiger partial charge is 0.453 e. The van der Waals surface area contributed by atoms with Crippen LogP contribution in [-0.4, -0.2) is 37.9 Å². The molecule has 0 saturated carbocycles. The summed E-state index contributed by atoms with van der Waals surface area (Å²) in [5.41, 5.74) is 6.41. The third-order valence-electron chi connectivity index (χ3n) is 3.41. The first-order chi connectivity index (χ1) is 10.0. The van der Waals surface area contributed by atoms with E-state index in [1.54, 1.807) is 24.3 Å². The maximum Gasteiger partial charge on any atom is 0.411 e. The molecule has 2 amide bonds. The Morgan fingerprint density at radius 3 is 2.19 bits per heavy atom. The highest BCUT2D eigenvalue weighted by Crippen LogP contribution is 2.21. The molecule has 0 unspecified atom stereocenters. The van der Waals surface area contributed by atoms with Gasteiger partial charge >= 0.3 is 6.09 Å². The summed E-state index contributed by atoms with van der Waals surface area (Å²) >= 11 is 0. The maximum absolute atomic E-state index is 12.2. The van der Waals surface area contributed by atoms with Crippen molar-refractivity contribution >= 4 is 23.4 Å². The van der Waals surface area contributed by atoms with Gasteiger partial charge in [-0.15, -0.1) is 0 Å². The van der Waals surface area contributed by atoms with Crippen molar-refractivity contribution in [3.8, 4) is 0 Å². The summed E-state index contributed by atoms with van der Waals surface area (Å²) in [5, 5.41) is 5.31. The highest BCUT2D eigenvalue weighted by Gasteiger charge is 2.35. The first kappa shape index (κ1) is 15.3. The summed E-state index contributed by atoms with van der Waals surface area (Å²) in [7, 11) is 1.29. The van der Waals surface area contributed by atoms with Crippen LogP contribution in [0.1, 0.15) is 12.8 Å². The van der Waals surface area contributed by atoms with Crippen molar-refractivity contribution in [1.29, 1.82) is 0 Å². The molecule has 1 aliphatic heterocycles. The van der Waals surface area contributed by atoms with E-state index in [2.05, 4.69) is 15.4 Å². The summed E-state index contributed by atoms with van der Waals surface area (Å²) in [6.45, 7) is 0.984. The van der Waals surface area contributed by atoms with Gasteiger partial charge in [-0.25, -0.2) is 4.79 Å². The minimum absolute atomic E-state index is 0.223. The highest BCUT2D eigenvalue weighted by molar-refractivity contribution is 5.98. The topological polar surface area (TPSA) is 103 Å². The summed E-state index contributed by atoms with van der Waals surface area (Å²) in [6.07, 6.45) is 0.455. The predicted octanol–water partition coefficient (Wildman–Crippen LogP) is 1.31. The molecule has 114 valence electrons. The maximum atomic E-state index is 12.2. The molecule has 7 heteroatoms. The Kier molecular flexibility index (Phi) is 4.77. The van der Waals surface area contributed by atoms with Gasteiger partial charge in [0.1, 0.15) is 5.54 Å². The molecule has 0 spiro atoms. The number of carbonyl (C=O) groups excluding carboxylic acids is 2. The number of methoxy groups -OCH3 is 1. The molecule has 1 heterocycles. The van der Waals surface area contributed by atoms with Gasteiger partial charge in [-0.2, -0.15) is 0 Å². The lowest BCUT2D eigenvalue weighted by Crippen LogP contribution is -2.54.